The number of hydrogen-bond acceptors (Lipinski definition) is 6. The molecule has 0 radical (unpaired) electrons. The van der Waals surface area contributed by atoms with Gasteiger partial charge in [-0.05, 0) is 59.8 Å². The van der Waals surface area contributed by atoms with Crippen LogP contribution in [0.1, 0.15) is 5.56 Å². The molecule has 1 N–H and O–H groups in total. The van der Waals surface area contributed by atoms with Gasteiger partial charge < -0.3 is 19.4 Å². The lowest BCUT2D eigenvalue weighted by Gasteiger charge is -2.05. The lowest BCUT2D eigenvalue weighted by molar-refractivity contribution is -0.111. The van der Waals surface area contributed by atoms with Crippen LogP contribution >= 0.6 is 23.4 Å². The molecular formula is C19H15ClN4O3S. The Morgan fingerprint density at radius 3 is 2.86 bits per heavy atom. The van der Waals surface area contributed by atoms with Crippen molar-refractivity contribution in [2.45, 2.75) is 10.1 Å². The summed E-state index contributed by atoms with van der Waals surface area (Å²) in [4.78, 5) is 13.2. The highest BCUT2D eigenvalue weighted by Crippen LogP contribution is 2.40. The lowest BCUT2D eigenvalue weighted by atomic mass is 10.2. The summed E-state index contributed by atoms with van der Waals surface area (Å²) in [6.07, 6.45) is 4.76. The monoisotopic (exact) mass is 414 g/mol. The summed E-state index contributed by atoms with van der Waals surface area (Å²) in [6.45, 7) is 0.146. The number of nitrogens with one attached hydrogen (secondary N) is 1. The SMILES string of the molecule is Cn1cnnc1Sc1ccc(NC(=O)/C=C/c2cc(Cl)c3c(c2)OCO3)cc1. The average Bonchev–Trinajstić information content (AvgIpc) is 3.31. The second-order valence-electron chi connectivity index (χ2n) is 5.91. The van der Waals surface area contributed by atoms with Crippen LogP contribution in [0, 0.1) is 0 Å². The van der Waals surface area contributed by atoms with E-state index in [1.165, 1.54) is 17.8 Å². The molecule has 2 heterocycles. The van der Waals surface area contributed by atoms with Crippen molar-refractivity contribution in [3.05, 3.63) is 59.4 Å². The number of benzene rings is 2. The van der Waals surface area contributed by atoms with Crippen LogP contribution in [0.15, 0.2) is 58.9 Å². The first-order chi connectivity index (χ1) is 13.6. The number of anilines is 1. The summed E-state index contributed by atoms with van der Waals surface area (Å²) in [5, 5.41) is 11.9. The van der Waals surface area contributed by atoms with Crippen LogP contribution in [0.3, 0.4) is 0 Å². The van der Waals surface area contributed by atoms with E-state index >= 15 is 0 Å². The van der Waals surface area contributed by atoms with Crippen LogP contribution in [-0.4, -0.2) is 27.5 Å². The predicted molar refractivity (Wildman–Crippen MR) is 107 cm³/mol. The maximum Gasteiger partial charge on any atom is 0.248 e. The van der Waals surface area contributed by atoms with E-state index in [2.05, 4.69) is 15.5 Å². The summed E-state index contributed by atoms with van der Waals surface area (Å²) in [5.74, 6) is 0.855. The molecule has 1 aliphatic heterocycles. The molecule has 0 fully saturated rings. The summed E-state index contributed by atoms with van der Waals surface area (Å²) >= 11 is 7.64. The van der Waals surface area contributed by atoms with Crippen molar-refractivity contribution < 1.29 is 14.3 Å². The molecule has 7 nitrogen and oxygen atoms in total. The quantitative estimate of drug-likeness (QED) is 0.636. The van der Waals surface area contributed by atoms with Gasteiger partial charge in [0.25, 0.3) is 0 Å². The Morgan fingerprint density at radius 1 is 1.29 bits per heavy atom. The fraction of sp³-hybridized carbons (Fsp3) is 0.105. The Hall–Kier alpha value is -2.97. The molecule has 0 saturated carbocycles. The molecular weight excluding hydrogens is 400 g/mol. The van der Waals surface area contributed by atoms with Gasteiger partial charge in [0.15, 0.2) is 16.7 Å². The molecule has 0 unspecified atom stereocenters. The Morgan fingerprint density at radius 2 is 2.11 bits per heavy atom. The summed E-state index contributed by atoms with van der Waals surface area (Å²) in [5.41, 5.74) is 1.44. The van der Waals surface area contributed by atoms with Crippen LogP contribution in [-0.2, 0) is 11.8 Å². The van der Waals surface area contributed by atoms with Crippen molar-refractivity contribution in [3.63, 3.8) is 0 Å². The number of carbonyl (C=O) groups is 1. The number of hydrogen-bond donors (Lipinski definition) is 1. The zero-order chi connectivity index (χ0) is 19.5. The molecule has 2 aromatic carbocycles. The maximum absolute atomic E-state index is 12.2. The molecule has 1 aromatic heterocycles. The molecule has 9 heteroatoms. The van der Waals surface area contributed by atoms with E-state index in [0.29, 0.717) is 22.2 Å². The molecule has 0 atom stereocenters. The van der Waals surface area contributed by atoms with Crippen molar-refractivity contribution in [2.24, 2.45) is 7.05 Å². The topological polar surface area (TPSA) is 78.3 Å². The van der Waals surface area contributed by atoms with Crippen molar-refractivity contribution in [3.8, 4) is 11.5 Å². The second-order valence-corrected chi connectivity index (χ2v) is 7.36. The number of ether oxygens (including phenoxy) is 2. The fourth-order valence-corrected chi connectivity index (χ4v) is 3.55. The Bertz CT molecular complexity index is 1050. The Balaban J connectivity index is 1.38. The third-order valence-electron chi connectivity index (χ3n) is 3.88. The van der Waals surface area contributed by atoms with Gasteiger partial charge in [-0.25, -0.2) is 0 Å². The third kappa shape index (κ3) is 4.13. The first-order valence-electron chi connectivity index (χ1n) is 8.28. The molecule has 1 aliphatic rings. The number of rotatable bonds is 5. The maximum atomic E-state index is 12.2. The van der Waals surface area contributed by atoms with Gasteiger partial charge in [0, 0.05) is 23.7 Å². The summed E-state index contributed by atoms with van der Waals surface area (Å²) in [7, 11) is 1.89. The van der Waals surface area contributed by atoms with Gasteiger partial charge in [-0.15, -0.1) is 10.2 Å². The van der Waals surface area contributed by atoms with E-state index < -0.39 is 0 Å². The fourth-order valence-electron chi connectivity index (χ4n) is 2.52. The van der Waals surface area contributed by atoms with Gasteiger partial charge in [0.05, 0.1) is 5.02 Å². The second kappa shape index (κ2) is 7.95. The van der Waals surface area contributed by atoms with Crippen molar-refractivity contribution in [2.75, 3.05) is 12.1 Å². The largest absolute Gasteiger partial charge is 0.454 e. The number of aryl methyl sites for hydroxylation is 1. The van der Waals surface area contributed by atoms with Crippen LogP contribution in [0.25, 0.3) is 6.08 Å². The molecule has 0 bridgehead atoms. The minimum Gasteiger partial charge on any atom is -0.454 e. The first-order valence-corrected chi connectivity index (χ1v) is 9.48. The standard InChI is InChI=1S/C19H15ClN4O3S/c1-24-10-21-23-19(24)28-14-5-3-13(4-6-14)22-17(25)7-2-12-8-15(20)18-16(9-12)26-11-27-18/h2-10H,11H2,1H3,(H,22,25)/b7-2+. The van der Waals surface area contributed by atoms with Crippen LogP contribution < -0.4 is 14.8 Å². The minimum absolute atomic E-state index is 0.146. The highest BCUT2D eigenvalue weighted by Gasteiger charge is 2.17. The molecule has 0 aliphatic carbocycles. The van der Waals surface area contributed by atoms with Gasteiger partial charge in [0.2, 0.25) is 12.7 Å². The number of halogens is 1. The molecule has 142 valence electrons. The minimum atomic E-state index is -0.248. The van der Waals surface area contributed by atoms with Crippen molar-refractivity contribution in [1.29, 1.82) is 0 Å². The molecule has 0 saturated heterocycles. The van der Waals surface area contributed by atoms with E-state index in [9.17, 15) is 4.79 Å². The van der Waals surface area contributed by atoms with E-state index in [-0.39, 0.29) is 12.7 Å². The van der Waals surface area contributed by atoms with Gasteiger partial charge in [-0.3, -0.25) is 4.79 Å². The van der Waals surface area contributed by atoms with Crippen LogP contribution in [0.2, 0.25) is 5.02 Å². The van der Waals surface area contributed by atoms with Gasteiger partial charge in [-0.1, -0.05) is 11.6 Å². The molecule has 0 spiro atoms. The molecule has 4 rings (SSSR count). The lowest BCUT2D eigenvalue weighted by Crippen LogP contribution is -2.07. The third-order valence-corrected chi connectivity index (χ3v) is 5.22. The van der Waals surface area contributed by atoms with Crippen molar-refractivity contribution in [1.82, 2.24) is 14.8 Å². The van der Waals surface area contributed by atoms with Crippen molar-refractivity contribution >= 4 is 41.0 Å². The highest BCUT2D eigenvalue weighted by molar-refractivity contribution is 7.99. The van der Waals surface area contributed by atoms with E-state index in [1.807, 2.05) is 35.9 Å². The Kier molecular flexibility index (Phi) is 5.23. The van der Waals surface area contributed by atoms with Crippen LogP contribution in [0.4, 0.5) is 5.69 Å². The Labute approximate surface area is 170 Å². The number of nitrogens with zero attached hydrogens (tertiary/aromatic N) is 3. The summed E-state index contributed by atoms with van der Waals surface area (Å²) < 4.78 is 12.4. The smallest absolute Gasteiger partial charge is 0.248 e. The van der Waals surface area contributed by atoms with Gasteiger partial charge in [-0.2, -0.15) is 0 Å². The summed E-state index contributed by atoms with van der Waals surface area (Å²) in [6, 6.07) is 11.0. The number of fused-ring (bicyclic) bond motifs is 1. The number of aromatic nitrogens is 3. The zero-order valence-corrected chi connectivity index (χ0v) is 16.3. The van der Waals surface area contributed by atoms with E-state index in [1.54, 1.807) is 24.5 Å². The average molecular weight is 415 g/mol. The molecule has 3 aromatic rings. The predicted octanol–water partition coefficient (Wildman–Crippen LogP) is 4.00. The number of carbonyl (C=O) groups excluding carboxylic acids is 1. The van der Waals surface area contributed by atoms with E-state index in [0.717, 1.165) is 15.6 Å². The van der Waals surface area contributed by atoms with Gasteiger partial charge in [0.1, 0.15) is 6.33 Å². The highest BCUT2D eigenvalue weighted by atomic mass is 35.5. The van der Waals surface area contributed by atoms with Gasteiger partial charge >= 0.3 is 0 Å². The zero-order valence-electron chi connectivity index (χ0n) is 14.8. The molecule has 28 heavy (non-hydrogen) atoms. The number of amides is 1. The molecule has 1 amide bonds. The van der Waals surface area contributed by atoms with Crippen LogP contribution in [0.5, 0.6) is 11.5 Å². The normalized spacial score (nSPS) is 12.5. The first kappa shape index (κ1) is 18.4. The van der Waals surface area contributed by atoms with E-state index in [4.69, 9.17) is 21.1 Å².